The number of aromatic carboxylic acids is 1. The Hall–Kier alpha value is -1.79. The van der Waals surface area contributed by atoms with E-state index in [2.05, 4.69) is 10.7 Å². The van der Waals surface area contributed by atoms with Gasteiger partial charge in [0, 0.05) is 13.1 Å². The number of anilines is 1. The zero-order valence-electron chi connectivity index (χ0n) is 10.9. The topological polar surface area (TPSA) is 81.7 Å². The number of hydrazine groups is 1. The lowest BCUT2D eigenvalue weighted by Gasteiger charge is -2.26. The summed E-state index contributed by atoms with van der Waals surface area (Å²) < 4.78 is 0. The van der Waals surface area contributed by atoms with E-state index in [1.807, 2.05) is 5.01 Å². The smallest absolute Gasteiger partial charge is 0.339 e. The first-order valence-corrected chi connectivity index (χ1v) is 6.80. The molecule has 1 aliphatic heterocycles. The Morgan fingerprint density at radius 1 is 1.20 bits per heavy atom. The number of piperidine rings is 1. The molecule has 0 atom stereocenters. The van der Waals surface area contributed by atoms with Crippen molar-refractivity contribution < 1.29 is 14.7 Å². The molecule has 1 aliphatic rings. The SMILES string of the molecule is O=C(Nc1cccc(Cl)c1C(=O)O)NN1CCCCC1. The summed E-state index contributed by atoms with van der Waals surface area (Å²) in [7, 11) is 0. The third kappa shape index (κ3) is 3.61. The maximum absolute atomic E-state index is 11.9. The van der Waals surface area contributed by atoms with E-state index in [1.54, 1.807) is 6.07 Å². The first-order chi connectivity index (χ1) is 9.58. The molecule has 3 N–H and O–H groups in total. The molecule has 7 heteroatoms. The van der Waals surface area contributed by atoms with Gasteiger partial charge in [-0.05, 0) is 25.0 Å². The normalized spacial score (nSPS) is 15.7. The van der Waals surface area contributed by atoms with Crippen LogP contribution in [0.3, 0.4) is 0 Å². The van der Waals surface area contributed by atoms with Gasteiger partial charge in [-0.15, -0.1) is 0 Å². The number of carboxylic acids is 1. The number of amides is 2. The minimum atomic E-state index is -1.18. The molecule has 1 aromatic rings. The van der Waals surface area contributed by atoms with Crippen LogP contribution in [0.4, 0.5) is 10.5 Å². The van der Waals surface area contributed by atoms with Crippen LogP contribution < -0.4 is 10.7 Å². The third-order valence-corrected chi connectivity index (χ3v) is 3.41. The Morgan fingerprint density at radius 2 is 1.90 bits per heavy atom. The van der Waals surface area contributed by atoms with Crippen molar-refractivity contribution in [3.05, 3.63) is 28.8 Å². The van der Waals surface area contributed by atoms with Crippen molar-refractivity contribution in [1.29, 1.82) is 0 Å². The molecule has 0 radical (unpaired) electrons. The second kappa shape index (κ2) is 6.58. The fourth-order valence-electron chi connectivity index (χ4n) is 2.15. The fourth-order valence-corrected chi connectivity index (χ4v) is 2.40. The molecule has 2 amide bonds. The van der Waals surface area contributed by atoms with Gasteiger partial charge in [0.2, 0.25) is 0 Å². The van der Waals surface area contributed by atoms with Gasteiger partial charge < -0.3 is 10.4 Å². The van der Waals surface area contributed by atoms with Crippen molar-refractivity contribution in [3.63, 3.8) is 0 Å². The standard InChI is InChI=1S/C13H16ClN3O3/c14-9-5-4-6-10(11(9)12(18)19)15-13(20)16-17-7-2-1-3-8-17/h4-6H,1-3,7-8H2,(H,18,19)(H2,15,16,20). The molecule has 0 aromatic heterocycles. The predicted octanol–water partition coefficient (Wildman–Crippen LogP) is 2.56. The highest BCUT2D eigenvalue weighted by Gasteiger charge is 2.17. The number of carboxylic acid groups (broad SMARTS) is 1. The van der Waals surface area contributed by atoms with Gasteiger partial charge in [-0.2, -0.15) is 0 Å². The van der Waals surface area contributed by atoms with Crippen molar-refractivity contribution >= 4 is 29.3 Å². The van der Waals surface area contributed by atoms with Crippen LogP contribution in [-0.2, 0) is 0 Å². The number of nitrogens with zero attached hydrogens (tertiary/aromatic N) is 1. The lowest BCUT2D eigenvalue weighted by Crippen LogP contribution is -2.46. The van der Waals surface area contributed by atoms with Crippen LogP contribution in [0.15, 0.2) is 18.2 Å². The zero-order chi connectivity index (χ0) is 14.5. The van der Waals surface area contributed by atoms with Crippen LogP contribution in [0.2, 0.25) is 5.02 Å². The van der Waals surface area contributed by atoms with Crippen molar-refractivity contribution in [1.82, 2.24) is 10.4 Å². The largest absolute Gasteiger partial charge is 0.478 e. The van der Waals surface area contributed by atoms with E-state index in [9.17, 15) is 9.59 Å². The van der Waals surface area contributed by atoms with Gasteiger partial charge >= 0.3 is 12.0 Å². The van der Waals surface area contributed by atoms with Gasteiger partial charge in [0.1, 0.15) is 5.56 Å². The number of urea groups is 1. The lowest BCUT2D eigenvalue weighted by molar-refractivity contribution is 0.0698. The Kier molecular flexibility index (Phi) is 4.81. The molecule has 108 valence electrons. The van der Waals surface area contributed by atoms with Crippen LogP contribution in [0.25, 0.3) is 0 Å². The maximum Gasteiger partial charge on any atom is 0.339 e. The number of carbonyl (C=O) groups excluding carboxylic acids is 1. The summed E-state index contributed by atoms with van der Waals surface area (Å²) >= 11 is 5.84. The van der Waals surface area contributed by atoms with Gasteiger partial charge in [-0.1, -0.05) is 24.1 Å². The van der Waals surface area contributed by atoms with Crippen LogP contribution in [-0.4, -0.2) is 35.2 Å². The average Bonchev–Trinajstić information content (AvgIpc) is 2.39. The van der Waals surface area contributed by atoms with Crippen LogP contribution in [0, 0.1) is 0 Å². The van der Waals surface area contributed by atoms with Gasteiger partial charge in [-0.3, -0.25) is 5.43 Å². The molecular weight excluding hydrogens is 282 g/mol. The van der Waals surface area contributed by atoms with E-state index in [1.165, 1.54) is 12.1 Å². The molecule has 1 saturated heterocycles. The summed E-state index contributed by atoms with van der Waals surface area (Å²) in [6.07, 6.45) is 3.24. The Labute approximate surface area is 121 Å². The Balaban J connectivity index is 2.04. The second-order valence-electron chi connectivity index (χ2n) is 4.58. The summed E-state index contributed by atoms with van der Waals surface area (Å²) in [6.45, 7) is 1.60. The third-order valence-electron chi connectivity index (χ3n) is 3.09. The molecule has 0 spiro atoms. The first kappa shape index (κ1) is 14.6. The molecule has 0 bridgehead atoms. The Bertz CT molecular complexity index is 516. The molecule has 20 heavy (non-hydrogen) atoms. The van der Waals surface area contributed by atoms with E-state index in [4.69, 9.17) is 16.7 Å². The molecule has 1 heterocycles. The number of hydrogen-bond acceptors (Lipinski definition) is 3. The fraction of sp³-hybridized carbons (Fsp3) is 0.385. The van der Waals surface area contributed by atoms with Crippen molar-refractivity contribution in [2.75, 3.05) is 18.4 Å². The molecule has 1 fully saturated rings. The highest BCUT2D eigenvalue weighted by Crippen LogP contribution is 2.24. The molecule has 2 rings (SSSR count). The summed E-state index contributed by atoms with van der Waals surface area (Å²) in [5.41, 5.74) is 2.77. The van der Waals surface area contributed by atoms with E-state index in [0.717, 1.165) is 32.4 Å². The maximum atomic E-state index is 11.9. The van der Waals surface area contributed by atoms with Gasteiger partial charge in [0.15, 0.2) is 0 Å². The molecule has 1 aromatic carbocycles. The summed E-state index contributed by atoms with van der Waals surface area (Å²) in [5, 5.41) is 13.6. The minimum Gasteiger partial charge on any atom is -0.478 e. The second-order valence-corrected chi connectivity index (χ2v) is 4.99. The number of nitrogens with one attached hydrogen (secondary N) is 2. The highest BCUT2D eigenvalue weighted by molar-refractivity contribution is 6.34. The highest BCUT2D eigenvalue weighted by atomic mass is 35.5. The average molecular weight is 298 g/mol. The molecular formula is C13H16ClN3O3. The van der Waals surface area contributed by atoms with Crippen LogP contribution in [0.5, 0.6) is 0 Å². The summed E-state index contributed by atoms with van der Waals surface area (Å²) in [4.78, 5) is 23.0. The number of halogens is 1. The molecule has 0 unspecified atom stereocenters. The van der Waals surface area contributed by atoms with Crippen molar-refractivity contribution in [2.45, 2.75) is 19.3 Å². The molecule has 6 nitrogen and oxygen atoms in total. The first-order valence-electron chi connectivity index (χ1n) is 6.42. The number of rotatable bonds is 3. The minimum absolute atomic E-state index is 0.0910. The van der Waals surface area contributed by atoms with Crippen LogP contribution >= 0.6 is 11.6 Å². The van der Waals surface area contributed by atoms with Crippen LogP contribution in [0.1, 0.15) is 29.6 Å². The number of benzene rings is 1. The van der Waals surface area contributed by atoms with Crippen molar-refractivity contribution in [3.8, 4) is 0 Å². The summed E-state index contributed by atoms with van der Waals surface area (Å²) in [6, 6.07) is 4.10. The number of hydrogen-bond donors (Lipinski definition) is 3. The lowest BCUT2D eigenvalue weighted by atomic mass is 10.2. The van der Waals surface area contributed by atoms with Crippen molar-refractivity contribution in [2.24, 2.45) is 0 Å². The van der Waals surface area contributed by atoms with E-state index in [0.29, 0.717) is 0 Å². The van der Waals surface area contributed by atoms with Gasteiger partial charge in [0.25, 0.3) is 0 Å². The Morgan fingerprint density at radius 3 is 2.55 bits per heavy atom. The van der Waals surface area contributed by atoms with E-state index in [-0.39, 0.29) is 16.3 Å². The summed E-state index contributed by atoms with van der Waals surface area (Å²) in [5.74, 6) is -1.18. The number of carbonyl (C=O) groups is 2. The molecule has 0 saturated carbocycles. The van der Waals surface area contributed by atoms with E-state index < -0.39 is 12.0 Å². The van der Waals surface area contributed by atoms with Gasteiger partial charge in [-0.25, -0.2) is 14.6 Å². The zero-order valence-corrected chi connectivity index (χ0v) is 11.6. The monoisotopic (exact) mass is 297 g/mol. The van der Waals surface area contributed by atoms with E-state index >= 15 is 0 Å². The predicted molar refractivity (Wildman–Crippen MR) is 76.0 cm³/mol. The van der Waals surface area contributed by atoms with Gasteiger partial charge in [0.05, 0.1) is 10.7 Å². The quantitative estimate of drug-likeness (QED) is 0.801. The molecule has 0 aliphatic carbocycles.